The first-order valence-corrected chi connectivity index (χ1v) is 7.38. The van der Waals surface area contributed by atoms with E-state index in [9.17, 15) is 4.79 Å². The maximum Gasteiger partial charge on any atom is 0.237 e. The number of carbonyl (C=O) groups is 1. The van der Waals surface area contributed by atoms with Gasteiger partial charge in [-0.05, 0) is 47.1 Å². The Kier molecular flexibility index (Phi) is 5.25. The first-order valence-electron chi connectivity index (χ1n) is 7.38. The summed E-state index contributed by atoms with van der Waals surface area (Å²) in [5.41, 5.74) is 0.997. The quantitative estimate of drug-likeness (QED) is 0.802. The minimum absolute atomic E-state index is 0.0274. The lowest BCUT2D eigenvalue weighted by Gasteiger charge is -2.25. The van der Waals surface area contributed by atoms with E-state index >= 15 is 0 Å². The molecular formula is C15H25N5O. The molecule has 0 radical (unpaired) electrons. The van der Waals surface area contributed by atoms with Crippen molar-refractivity contribution in [1.29, 1.82) is 0 Å². The second-order valence-corrected chi connectivity index (χ2v) is 6.13. The number of hydrogen-bond donors (Lipinski definition) is 0. The predicted octanol–water partition coefficient (Wildman–Crippen LogP) is 0.763. The van der Waals surface area contributed by atoms with Gasteiger partial charge in [-0.25, -0.2) is 9.97 Å². The lowest BCUT2D eigenvalue weighted by molar-refractivity contribution is -0.132. The standard InChI is InChI=1S/C15H25N5O/c1-18(2)10-12-7-8-16-15(17-12)13-6-5-9-20(13)14(21)11-19(3)4/h7-8,13H,5-6,9-11H2,1-4H3/t13-/m1/s1. The van der Waals surface area contributed by atoms with Gasteiger partial charge in [0.25, 0.3) is 0 Å². The third kappa shape index (κ3) is 4.22. The smallest absolute Gasteiger partial charge is 0.237 e. The Morgan fingerprint density at radius 2 is 2.10 bits per heavy atom. The van der Waals surface area contributed by atoms with Crippen LogP contribution in [0, 0.1) is 0 Å². The highest BCUT2D eigenvalue weighted by molar-refractivity contribution is 5.78. The minimum atomic E-state index is 0.0274. The van der Waals surface area contributed by atoms with Gasteiger partial charge >= 0.3 is 0 Å². The van der Waals surface area contributed by atoms with Gasteiger partial charge in [-0.2, -0.15) is 0 Å². The fraction of sp³-hybridized carbons (Fsp3) is 0.667. The average Bonchev–Trinajstić information content (AvgIpc) is 2.86. The van der Waals surface area contributed by atoms with Crippen molar-refractivity contribution in [3.63, 3.8) is 0 Å². The summed E-state index contributed by atoms with van der Waals surface area (Å²) in [4.78, 5) is 27.3. The van der Waals surface area contributed by atoms with E-state index in [1.165, 1.54) is 0 Å². The molecule has 2 heterocycles. The van der Waals surface area contributed by atoms with E-state index in [4.69, 9.17) is 0 Å². The Morgan fingerprint density at radius 1 is 1.33 bits per heavy atom. The fourth-order valence-corrected chi connectivity index (χ4v) is 2.68. The van der Waals surface area contributed by atoms with Gasteiger partial charge in [0, 0.05) is 19.3 Å². The average molecular weight is 291 g/mol. The van der Waals surface area contributed by atoms with Crippen LogP contribution in [-0.2, 0) is 11.3 Å². The summed E-state index contributed by atoms with van der Waals surface area (Å²) in [7, 11) is 7.86. The Labute approximate surface area is 126 Å². The number of likely N-dealkylation sites (N-methyl/N-ethyl adjacent to an activating group) is 1. The molecule has 0 unspecified atom stereocenters. The Hall–Kier alpha value is -1.53. The lowest BCUT2D eigenvalue weighted by atomic mass is 10.2. The zero-order valence-electron chi connectivity index (χ0n) is 13.4. The summed E-state index contributed by atoms with van der Waals surface area (Å²) in [5.74, 6) is 0.933. The molecule has 0 N–H and O–H groups in total. The molecule has 1 fully saturated rings. The van der Waals surface area contributed by atoms with Crippen molar-refractivity contribution in [3.05, 3.63) is 23.8 Å². The van der Waals surface area contributed by atoms with Crippen molar-refractivity contribution in [3.8, 4) is 0 Å². The van der Waals surface area contributed by atoms with Crippen molar-refractivity contribution in [1.82, 2.24) is 24.7 Å². The van der Waals surface area contributed by atoms with E-state index in [-0.39, 0.29) is 11.9 Å². The van der Waals surface area contributed by atoms with Crippen molar-refractivity contribution in [2.75, 3.05) is 41.3 Å². The van der Waals surface area contributed by atoms with Crippen LogP contribution in [0.25, 0.3) is 0 Å². The summed E-state index contributed by atoms with van der Waals surface area (Å²) in [6, 6.07) is 1.96. The van der Waals surface area contributed by atoms with Crippen LogP contribution in [0.3, 0.4) is 0 Å². The largest absolute Gasteiger partial charge is 0.331 e. The van der Waals surface area contributed by atoms with Gasteiger partial charge in [-0.15, -0.1) is 0 Å². The van der Waals surface area contributed by atoms with Crippen LogP contribution in [0.2, 0.25) is 0 Å². The normalized spacial score (nSPS) is 18.8. The van der Waals surface area contributed by atoms with Crippen LogP contribution in [0.5, 0.6) is 0 Å². The van der Waals surface area contributed by atoms with Gasteiger partial charge in [-0.3, -0.25) is 4.79 Å². The number of carbonyl (C=O) groups excluding carboxylic acids is 1. The molecular weight excluding hydrogens is 266 g/mol. The number of likely N-dealkylation sites (tertiary alicyclic amines) is 1. The van der Waals surface area contributed by atoms with Crippen LogP contribution in [0.4, 0.5) is 0 Å². The second-order valence-electron chi connectivity index (χ2n) is 6.13. The molecule has 0 saturated carbocycles. The maximum absolute atomic E-state index is 12.3. The van der Waals surface area contributed by atoms with Crippen LogP contribution in [-0.4, -0.2) is 71.9 Å². The monoisotopic (exact) mass is 291 g/mol. The molecule has 1 aliphatic rings. The molecule has 1 saturated heterocycles. The van der Waals surface area contributed by atoms with E-state index < -0.39 is 0 Å². The molecule has 1 aromatic heterocycles. The topological polar surface area (TPSA) is 52.6 Å². The lowest BCUT2D eigenvalue weighted by Crippen LogP contribution is -2.37. The van der Waals surface area contributed by atoms with Crippen LogP contribution >= 0.6 is 0 Å². The Balaban J connectivity index is 2.14. The summed E-state index contributed by atoms with van der Waals surface area (Å²) >= 11 is 0. The molecule has 6 nitrogen and oxygen atoms in total. The molecule has 6 heteroatoms. The van der Waals surface area contributed by atoms with Gasteiger partial charge in [0.05, 0.1) is 18.3 Å². The zero-order chi connectivity index (χ0) is 15.4. The zero-order valence-corrected chi connectivity index (χ0v) is 13.4. The molecule has 0 aliphatic carbocycles. The van der Waals surface area contributed by atoms with Crippen LogP contribution in [0.1, 0.15) is 30.4 Å². The second kappa shape index (κ2) is 6.95. The van der Waals surface area contributed by atoms with Gasteiger partial charge < -0.3 is 14.7 Å². The Morgan fingerprint density at radius 3 is 2.76 bits per heavy atom. The van der Waals surface area contributed by atoms with E-state index in [2.05, 4.69) is 14.9 Å². The highest BCUT2D eigenvalue weighted by Gasteiger charge is 2.31. The summed E-state index contributed by atoms with van der Waals surface area (Å²) in [5, 5.41) is 0. The highest BCUT2D eigenvalue weighted by atomic mass is 16.2. The number of aromatic nitrogens is 2. The van der Waals surface area contributed by atoms with Gasteiger partial charge in [-0.1, -0.05) is 0 Å². The third-order valence-electron chi connectivity index (χ3n) is 3.53. The summed E-state index contributed by atoms with van der Waals surface area (Å²) in [6.45, 7) is 2.03. The molecule has 2 rings (SSSR count). The number of nitrogens with zero attached hydrogens (tertiary/aromatic N) is 5. The first kappa shape index (κ1) is 15.9. The molecule has 21 heavy (non-hydrogen) atoms. The fourth-order valence-electron chi connectivity index (χ4n) is 2.68. The summed E-state index contributed by atoms with van der Waals surface area (Å²) < 4.78 is 0. The number of hydrogen-bond acceptors (Lipinski definition) is 5. The van der Waals surface area contributed by atoms with E-state index in [0.717, 1.165) is 37.4 Å². The minimum Gasteiger partial charge on any atom is -0.331 e. The number of amides is 1. The predicted molar refractivity (Wildman–Crippen MR) is 81.7 cm³/mol. The SMILES string of the molecule is CN(C)CC(=O)N1CCC[C@@H]1c1nccc(CN(C)C)n1. The molecule has 0 bridgehead atoms. The Bertz CT molecular complexity index is 489. The first-order chi connectivity index (χ1) is 9.97. The molecule has 1 aromatic rings. The molecule has 1 aliphatic heterocycles. The molecule has 0 aromatic carbocycles. The molecule has 1 amide bonds. The summed E-state index contributed by atoms with van der Waals surface area (Å²) in [6.07, 6.45) is 3.77. The van der Waals surface area contributed by atoms with Gasteiger partial charge in [0.1, 0.15) is 0 Å². The molecule has 0 spiro atoms. The van der Waals surface area contributed by atoms with Crippen LogP contribution < -0.4 is 0 Å². The van der Waals surface area contributed by atoms with Crippen molar-refractivity contribution in [2.45, 2.75) is 25.4 Å². The van der Waals surface area contributed by atoms with Crippen LogP contribution in [0.15, 0.2) is 12.3 Å². The van der Waals surface area contributed by atoms with Crippen molar-refractivity contribution < 1.29 is 4.79 Å². The highest BCUT2D eigenvalue weighted by Crippen LogP contribution is 2.29. The van der Waals surface area contributed by atoms with E-state index in [0.29, 0.717) is 6.54 Å². The van der Waals surface area contributed by atoms with Crippen molar-refractivity contribution >= 4 is 5.91 Å². The van der Waals surface area contributed by atoms with Gasteiger partial charge in [0.15, 0.2) is 5.82 Å². The van der Waals surface area contributed by atoms with E-state index in [1.54, 1.807) is 6.20 Å². The van der Waals surface area contributed by atoms with Gasteiger partial charge in [0.2, 0.25) is 5.91 Å². The van der Waals surface area contributed by atoms with E-state index in [1.807, 2.05) is 44.1 Å². The van der Waals surface area contributed by atoms with Crippen molar-refractivity contribution in [2.24, 2.45) is 0 Å². The molecule has 116 valence electrons. The third-order valence-corrected chi connectivity index (χ3v) is 3.53. The maximum atomic E-state index is 12.3. The number of rotatable bonds is 5. The molecule has 1 atom stereocenters.